The molecule has 2 aromatic carbocycles. The number of carboxylic acid groups (broad SMARTS) is 1. The third-order valence-corrected chi connectivity index (χ3v) is 4.88. The average Bonchev–Trinajstić information content (AvgIpc) is 2.71. The highest BCUT2D eigenvalue weighted by molar-refractivity contribution is 6.12. The molecule has 168 valence electrons. The number of aliphatic carboxylic acids is 1. The first-order chi connectivity index (χ1) is 14.3. The first kappa shape index (κ1) is 24.6. The van der Waals surface area contributed by atoms with E-state index in [0.717, 1.165) is 36.8 Å². The highest BCUT2D eigenvalue weighted by atomic mass is 35.5. The van der Waals surface area contributed by atoms with Crippen molar-refractivity contribution < 1.29 is 32.3 Å². The molecule has 10 heteroatoms. The second-order valence-electron chi connectivity index (χ2n) is 7.00. The summed E-state index contributed by atoms with van der Waals surface area (Å²) in [5.41, 5.74) is -0.888. The molecule has 1 atom stereocenters. The standard InChI is InChI=1S/C21H20F4N2O3.ClH/c22-14-4-6-18(24)17(10-14)20(16-5-3-15(23)11-19(16)25)26-30-9-8-27-7-1-2-13(12-27)21(28)29;/h3-6,10-11,13H,1-2,7-9,12H2,(H,28,29);1H/b26-20+;/t13-;/m1./s1. The molecule has 1 aliphatic rings. The highest BCUT2D eigenvalue weighted by Crippen LogP contribution is 2.20. The Morgan fingerprint density at radius 1 is 1.06 bits per heavy atom. The number of oxime groups is 1. The Balaban J connectivity index is 0.00000341. The Labute approximate surface area is 182 Å². The van der Waals surface area contributed by atoms with E-state index >= 15 is 0 Å². The van der Waals surface area contributed by atoms with Crippen LogP contribution in [-0.4, -0.2) is 47.9 Å². The van der Waals surface area contributed by atoms with E-state index in [-0.39, 0.29) is 35.9 Å². The molecule has 5 nitrogen and oxygen atoms in total. The van der Waals surface area contributed by atoms with Gasteiger partial charge in [0.05, 0.1) is 5.92 Å². The van der Waals surface area contributed by atoms with Crippen LogP contribution in [0.4, 0.5) is 17.6 Å². The molecule has 0 unspecified atom stereocenters. The molecule has 0 aliphatic carbocycles. The molecule has 0 aromatic heterocycles. The van der Waals surface area contributed by atoms with Crippen molar-refractivity contribution in [3.8, 4) is 0 Å². The fourth-order valence-electron chi connectivity index (χ4n) is 3.34. The second-order valence-corrected chi connectivity index (χ2v) is 7.00. The monoisotopic (exact) mass is 460 g/mol. The Kier molecular flexibility index (Phi) is 8.82. The molecule has 0 radical (unpaired) electrons. The average molecular weight is 461 g/mol. The summed E-state index contributed by atoms with van der Waals surface area (Å²) in [4.78, 5) is 18.3. The predicted octanol–water partition coefficient (Wildman–Crippen LogP) is 4.23. The zero-order chi connectivity index (χ0) is 21.7. The molecule has 0 bridgehead atoms. The first-order valence-electron chi connectivity index (χ1n) is 9.41. The summed E-state index contributed by atoms with van der Waals surface area (Å²) in [6, 6.07) is 5.30. The van der Waals surface area contributed by atoms with E-state index in [1.54, 1.807) is 0 Å². The van der Waals surface area contributed by atoms with E-state index in [9.17, 15) is 22.4 Å². The number of nitrogens with zero attached hydrogens (tertiary/aromatic N) is 2. The van der Waals surface area contributed by atoms with Gasteiger partial charge < -0.3 is 9.94 Å². The van der Waals surface area contributed by atoms with Crippen LogP contribution in [0, 0.1) is 29.2 Å². The van der Waals surface area contributed by atoms with Crippen molar-refractivity contribution in [1.82, 2.24) is 4.90 Å². The number of carboxylic acids is 1. The van der Waals surface area contributed by atoms with E-state index in [1.807, 2.05) is 4.90 Å². The molecule has 1 saturated heterocycles. The normalized spacial score (nSPS) is 17.2. The summed E-state index contributed by atoms with van der Waals surface area (Å²) in [6.45, 7) is 1.46. The number of carbonyl (C=O) groups is 1. The van der Waals surface area contributed by atoms with E-state index in [2.05, 4.69) is 5.16 Å². The summed E-state index contributed by atoms with van der Waals surface area (Å²) in [7, 11) is 0. The molecule has 0 spiro atoms. The van der Waals surface area contributed by atoms with E-state index in [1.165, 1.54) is 0 Å². The molecular weight excluding hydrogens is 440 g/mol. The van der Waals surface area contributed by atoms with Crippen LogP contribution in [0.25, 0.3) is 0 Å². The maximum absolute atomic E-state index is 14.3. The fourth-order valence-corrected chi connectivity index (χ4v) is 3.34. The quantitative estimate of drug-likeness (QED) is 0.291. The number of rotatable bonds is 7. The topological polar surface area (TPSA) is 62.1 Å². The van der Waals surface area contributed by atoms with E-state index in [4.69, 9.17) is 9.94 Å². The van der Waals surface area contributed by atoms with Gasteiger partial charge in [0.25, 0.3) is 0 Å². The van der Waals surface area contributed by atoms with Gasteiger partial charge in [-0.05, 0) is 49.7 Å². The minimum absolute atomic E-state index is 0. The number of benzene rings is 2. The lowest BCUT2D eigenvalue weighted by Gasteiger charge is -2.29. The zero-order valence-electron chi connectivity index (χ0n) is 16.4. The van der Waals surface area contributed by atoms with Crippen molar-refractivity contribution in [3.63, 3.8) is 0 Å². The minimum Gasteiger partial charge on any atom is -0.481 e. The van der Waals surface area contributed by atoms with Crippen LogP contribution in [-0.2, 0) is 9.63 Å². The SMILES string of the molecule is Cl.O=C(O)[C@@H]1CCCN(CCO/N=C(\c2ccc(F)cc2F)c2cc(F)ccc2F)C1. The van der Waals surface area contributed by atoms with Crippen molar-refractivity contribution in [2.45, 2.75) is 12.8 Å². The smallest absolute Gasteiger partial charge is 0.307 e. The molecule has 2 aromatic rings. The lowest BCUT2D eigenvalue weighted by atomic mass is 9.98. The predicted molar refractivity (Wildman–Crippen MR) is 108 cm³/mol. The molecule has 1 aliphatic heterocycles. The van der Waals surface area contributed by atoms with Gasteiger partial charge in [-0.15, -0.1) is 12.4 Å². The van der Waals surface area contributed by atoms with Crippen LogP contribution >= 0.6 is 12.4 Å². The van der Waals surface area contributed by atoms with Gasteiger partial charge in [-0.2, -0.15) is 0 Å². The first-order valence-corrected chi connectivity index (χ1v) is 9.41. The van der Waals surface area contributed by atoms with Crippen LogP contribution in [0.1, 0.15) is 24.0 Å². The largest absolute Gasteiger partial charge is 0.481 e. The third-order valence-electron chi connectivity index (χ3n) is 4.88. The molecule has 0 saturated carbocycles. The van der Waals surface area contributed by atoms with Gasteiger partial charge >= 0.3 is 5.97 Å². The molecule has 1 fully saturated rings. The molecule has 0 amide bonds. The van der Waals surface area contributed by atoms with Crippen LogP contribution < -0.4 is 0 Å². The van der Waals surface area contributed by atoms with Crippen LogP contribution in [0.5, 0.6) is 0 Å². The van der Waals surface area contributed by atoms with Gasteiger partial charge in [-0.3, -0.25) is 9.69 Å². The number of likely N-dealkylation sites (tertiary alicyclic amines) is 1. The summed E-state index contributed by atoms with van der Waals surface area (Å²) >= 11 is 0. The van der Waals surface area contributed by atoms with Gasteiger partial charge in [0.15, 0.2) is 0 Å². The van der Waals surface area contributed by atoms with Crippen molar-refractivity contribution in [1.29, 1.82) is 0 Å². The third kappa shape index (κ3) is 6.41. The Hall–Kier alpha value is -2.65. The number of hydrogen-bond acceptors (Lipinski definition) is 4. The molecule has 31 heavy (non-hydrogen) atoms. The summed E-state index contributed by atoms with van der Waals surface area (Å²) < 4.78 is 55.5. The fraction of sp³-hybridized carbons (Fsp3) is 0.333. The summed E-state index contributed by atoms with van der Waals surface area (Å²) in [6.07, 6.45) is 1.35. The van der Waals surface area contributed by atoms with Gasteiger partial charge in [0.2, 0.25) is 0 Å². The zero-order valence-corrected chi connectivity index (χ0v) is 17.2. The number of halogens is 5. The van der Waals surface area contributed by atoms with Crippen LogP contribution in [0.2, 0.25) is 0 Å². The summed E-state index contributed by atoms with van der Waals surface area (Å²) in [5.74, 6) is -4.73. The molecule has 1 heterocycles. The Morgan fingerprint density at radius 2 is 1.77 bits per heavy atom. The second kappa shape index (κ2) is 11.1. The minimum atomic E-state index is -0.999. The van der Waals surface area contributed by atoms with Crippen molar-refractivity contribution in [2.24, 2.45) is 11.1 Å². The van der Waals surface area contributed by atoms with E-state index < -0.39 is 35.2 Å². The van der Waals surface area contributed by atoms with Crippen LogP contribution in [0.3, 0.4) is 0 Å². The van der Waals surface area contributed by atoms with E-state index in [0.29, 0.717) is 32.1 Å². The van der Waals surface area contributed by atoms with Gasteiger partial charge in [0, 0.05) is 30.3 Å². The lowest BCUT2D eigenvalue weighted by molar-refractivity contribution is -0.143. The van der Waals surface area contributed by atoms with Crippen LogP contribution in [0.15, 0.2) is 41.6 Å². The summed E-state index contributed by atoms with van der Waals surface area (Å²) in [5, 5.41) is 12.9. The van der Waals surface area contributed by atoms with Crippen molar-refractivity contribution >= 4 is 24.1 Å². The maximum Gasteiger partial charge on any atom is 0.307 e. The van der Waals surface area contributed by atoms with Crippen molar-refractivity contribution in [3.05, 3.63) is 70.8 Å². The molecule has 1 N–H and O–H groups in total. The maximum atomic E-state index is 14.3. The Bertz CT molecular complexity index is 958. The number of hydrogen-bond donors (Lipinski definition) is 1. The van der Waals surface area contributed by atoms with Gasteiger partial charge in [0.1, 0.15) is 35.6 Å². The molecular formula is C21H21ClF4N2O3. The Morgan fingerprint density at radius 3 is 2.48 bits per heavy atom. The van der Waals surface area contributed by atoms with Crippen molar-refractivity contribution in [2.75, 3.05) is 26.2 Å². The number of piperidine rings is 1. The molecule has 3 rings (SSSR count). The van der Waals surface area contributed by atoms with Gasteiger partial charge in [-0.25, -0.2) is 17.6 Å². The van der Waals surface area contributed by atoms with Gasteiger partial charge in [-0.1, -0.05) is 5.16 Å². The lowest BCUT2D eigenvalue weighted by Crippen LogP contribution is -2.40. The highest BCUT2D eigenvalue weighted by Gasteiger charge is 2.25.